The molecule has 0 aromatic heterocycles. The molecule has 0 aliphatic carbocycles. The van der Waals surface area contributed by atoms with Crippen molar-refractivity contribution in [2.24, 2.45) is 11.7 Å². The van der Waals surface area contributed by atoms with Gasteiger partial charge in [0.2, 0.25) is 11.8 Å². The summed E-state index contributed by atoms with van der Waals surface area (Å²) in [5, 5.41) is 14.7. The lowest BCUT2D eigenvalue weighted by atomic mass is 10.0. The first-order valence-corrected chi connectivity index (χ1v) is 10.4. The number of amides is 2. The van der Waals surface area contributed by atoms with Crippen molar-refractivity contribution in [1.82, 2.24) is 10.6 Å². The number of carboxylic acids is 1. The smallest absolute Gasteiger partial charge is 0.326 e. The van der Waals surface area contributed by atoms with E-state index in [1.54, 1.807) is 0 Å². The summed E-state index contributed by atoms with van der Waals surface area (Å²) >= 11 is 0. The third-order valence-corrected chi connectivity index (χ3v) is 4.87. The van der Waals surface area contributed by atoms with Crippen LogP contribution in [0.4, 0.5) is 0 Å². The Kier molecular flexibility index (Phi) is 9.21. The van der Waals surface area contributed by atoms with Gasteiger partial charge in [0.25, 0.3) is 0 Å². The molecule has 0 saturated carbocycles. The number of nitrogens with two attached hydrogens (primary N) is 1. The molecule has 7 heteroatoms. The fraction of sp³-hybridized carbons (Fsp3) is 0.375. The van der Waals surface area contributed by atoms with Gasteiger partial charge in [-0.05, 0) is 29.9 Å². The van der Waals surface area contributed by atoms with E-state index >= 15 is 0 Å². The highest BCUT2D eigenvalue weighted by molar-refractivity contribution is 5.92. The number of aliphatic carboxylic acids is 1. The van der Waals surface area contributed by atoms with Crippen LogP contribution in [0.3, 0.4) is 0 Å². The first kappa shape index (κ1) is 24.1. The predicted molar refractivity (Wildman–Crippen MR) is 119 cm³/mol. The minimum Gasteiger partial charge on any atom is -0.480 e. The van der Waals surface area contributed by atoms with Crippen molar-refractivity contribution in [3.05, 3.63) is 71.8 Å². The van der Waals surface area contributed by atoms with E-state index in [-0.39, 0.29) is 12.3 Å². The molecule has 0 unspecified atom stereocenters. The van der Waals surface area contributed by atoms with Crippen LogP contribution < -0.4 is 16.4 Å². The fourth-order valence-corrected chi connectivity index (χ4v) is 3.26. The maximum atomic E-state index is 12.9. The molecule has 3 atom stereocenters. The van der Waals surface area contributed by atoms with E-state index in [0.29, 0.717) is 12.8 Å². The first-order valence-electron chi connectivity index (χ1n) is 10.4. The molecular weight excluding hydrogens is 394 g/mol. The molecule has 0 bridgehead atoms. The van der Waals surface area contributed by atoms with Crippen LogP contribution in [0.5, 0.6) is 0 Å². The van der Waals surface area contributed by atoms with Gasteiger partial charge >= 0.3 is 5.97 Å². The second kappa shape index (κ2) is 11.9. The number of nitrogens with one attached hydrogen (secondary N) is 2. The van der Waals surface area contributed by atoms with Gasteiger partial charge < -0.3 is 21.5 Å². The van der Waals surface area contributed by atoms with Crippen molar-refractivity contribution in [2.75, 3.05) is 0 Å². The van der Waals surface area contributed by atoms with Crippen LogP contribution in [0, 0.1) is 5.92 Å². The number of rotatable bonds is 11. The van der Waals surface area contributed by atoms with Crippen LogP contribution in [0.2, 0.25) is 0 Å². The molecule has 0 heterocycles. The third kappa shape index (κ3) is 8.22. The Morgan fingerprint density at radius 3 is 1.77 bits per heavy atom. The second-order valence-corrected chi connectivity index (χ2v) is 8.08. The predicted octanol–water partition coefficient (Wildman–Crippen LogP) is 1.90. The maximum Gasteiger partial charge on any atom is 0.326 e. The van der Waals surface area contributed by atoms with E-state index in [2.05, 4.69) is 10.6 Å². The highest BCUT2D eigenvalue weighted by Gasteiger charge is 2.28. The Morgan fingerprint density at radius 1 is 0.806 bits per heavy atom. The van der Waals surface area contributed by atoms with Gasteiger partial charge in [0.1, 0.15) is 12.1 Å². The van der Waals surface area contributed by atoms with E-state index in [9.17, 15) is 19.5 Å². The van der Waals surface area contributed by atoms with Gasteiger partial charge in [0, 0.05) is 6.42 Å². The molecule has 0 saturated heterocycles. The monoisotopic (exact) mass is 425 g/mol. The molecule has 2 aromatic carbocycles. The molecule has 2 rings (SSSR count). The number of benzene rings is 2. The zero-order valence-electron chi connectivity index (χ0n) is 18.0. The van der Waals surface area contributed by atoms with E-state index in [1.807, 2.05) is 74.5 Å². The Labute approximate surface area is 183 Å². The standard InChI is InChI=1S/C24H31N3O4/c1-16(2)13-21(24(30)31)27-23(29)20(15-18-11-7-4-8-12-18)26-22(28)19(25)14-17-9-5-3-6-10-17/h3-12,16,19-21H,13-15,25H2,1-2H3,(H,26,28)(H,27,29)(H,30,31)/t19-,20-,21-/m1/s1. The summed E-state index contributed by atoms with van der Waals surface area (Å²) in [5.41, 5.74) is 7.83. The topological polar surface area (TPSA) is 122 Å². The summed E-state index contributed by atoms with van der Waals surface area (Å²) in [6.07, 6.45) is 0.850. The van der Waals surface area contributed by atoms with Gasteiger partial charge in [-0.25, -0.2) is 4.79 Å². The lowest BCUT2D eigenvalue weighted by Crippen LogP contribution is -2.55. The normalized spacial score (nSPS) is 13.8. The van der Waals surface area contributed by atoms with Crippen molar-refractivity contribution < 1.29 is 19.5 Å². The van der Waals surface area contributed by atoms with Gasteiger partial charge in [0.05, 0.1) is 6.04 Å². The summed E-state index contributed by atoms with van der Waals surface area (Å²) < 4.78 is 0. The summed E-state index contributed by atoms with van der Waals surface area (Å²) in [5.74, 6) is -2.02. The third-order valence-electron chi connectivity index (χ3n) is 4.87. The molecule has 5 N–H and O–H groups in total. The van der Waals surface area contributed by atoms with Gasteiger partial charge in [-0.2, -0.15) is 0 Å². The fourth-order valence-electron chi connectivity index (χ4n) is 3.26. The molecule has 0 radical (unpaired) electrons. The maximum absolute atomic E-state index is 12.9. The number of hydrogen-bond acceptors (Lipinski definition) is 4. The summed E-state index contributed by atoms with van der Waals surface area (Å²) in [6, 6.07) is 15.8. The average Bonchev–Trinajstić information content (AvgIpc) is 2.73. The summed E-state index contributed by atoms with van der Waals surface area (Å²) in [4.78, 5) is 37.2. The lowest BCUT2D eigenvalue weighted by Gasteiger charge is -2.24. The van der Waals surface area contributed by atoms with E-state index in [4.69, 9.17) is 5.73 Å². The Bertz CT molecular complexity index is 856. The number of carbonyl (C=O) groups is 3. The number of carboxylic acid groups (broad SMARTS) is 1. The van der Waals surface area contributed by atoms with Crippen LogP contribution in [-0.4, -0.2) is 41.0 Å². The Hall–Kier alpha value is -3.19. The van der Waals surface area contributed by atoms with E-state index < -0.39 is 35.9 Å². The molecule has 2 amide bonds. The molecule has 31 heavy (non-hydrogen) atoms. The largest absolute Gasteiger partial charge is 0.480 e. The number of carbonyl (C=O) groups excluding carboxylic acids is 2. The van der Waals surface area contributed by atoms with Crippen LogP contribution in [0.15, 0.2) is 60.7 Å². The van der Waals surface area contributed by atoms with E-state index in [0.717, 1.165) is 11.1 Å². The van der Waals surface area contributed by atoms with Crippen molar-refractivity contribution in [2.45, 2.75) is 51.2 Å². The summed E-state index contributed by atoms with van der Waals surface area (Å²) in [7, 11) is 0. The van der Waals surface area contributed by atoms with Crippen LogP contribution >= 0.6 is 0 Å². The molecule has 0 fully saturated rings. The van der Waals surface area contributed by atoms with Crippen LogP contribution in [0.25, 0.3) is 0 Å². The zero-order valence-corrected chi connectivity index (χ0v) is 18.0. The molecule has 166 valence electrons. The van der Waals surface area contributed by atoms with Crippen molar-refractivity contribution in [1.29, 1.82) is 0 Å². The van der Waals surface area contributed by atoms with E-state index in [1.165, 1.54) is 0 Å². The summed E-state index contributed by atoms with van der Waals surface area (Å²) in [6.45, 7) is 3.77. The number of hydrogen-bond donors (Lipinski definition) is 4. The Morgan fingerprint density at radius 2 is 1.29 bits per heavy atom. The minimum atomic E-state index is -1.10. The SMILES string of the molecule is CC(C)C[C@@H](NC(=O)[C@@H](Cc1ccccc1)NC(=O)[C@H](N)Cc1ccccc1)C(=O)O. The van der Waals surface area contributed by atoms with Gasteiger partial charge in [-0.15, -0.1) is 0 Å². The highest BCUT2D eigenvalue weighted by Crippen LogP contribution is 2.09. The molecule has 0 aliphatic heterocycles. The van der Waals surface area contributed by atoms with Gasteiger partial charge in [-0.3, -0.25) is 9.59 Å². The minimum absolute atomic E-state index is 0.0860. The molecule has 0 spiro atoms. The molecule has 7 nitrogen and oxygen atoms in total. The van der Waals surface area contributed by atoms with Gasteiger partial charge in [-0.1, -0.05) is 74.5 Å². The molecule has 0 aliphatic rings. The van der Waals surface area contributed by atoms with Crippen LogP contribution in [-0.2, 0) is 27.2 Å². The second-order valence-electron chi connectivity index (χ2n) is 8.08. The zero-order chi connectivity index (χ0) is 22.8. The molecule has 2 aromatic rings. The Balaban J connectivity index is 2.12. The average molecular weight is 426 g/mol. The van der Waals surface area contributed by atoms with Gasteiger partial charge in [0.15, 0.2) is 0 Å². The van der Waals surface area contributed by atoms with Crippen molar-refractivity contribution in [3.63, 3.8) is 0 Å². The highest BCUT2D eigenvalue weighted by atomic mass is 16.4. The molecular formula is C24H31N3O4. The quantitative estimate of drug-likeness (QED) is 0.438. The van der Waals surface area contributed by atoms with Crippen LogP contribution in [0.1, 0.15) is 31.4 Å². The lowest BCUT2D eigenvalue weighted by molar-refractivity contribution is -0.142. The first-order chi connectivity index (χ1) is 14.8. The van der Waals surface area contributed by atoms with Crippen molar-refractivity contribution in [3.8, 4) is 0 Å². The van der Waals surface area contributed by atoms with Crippen molar-refractivity contribution >= 4 is 17.8 Å².